The van der Waals surface area contributed by atoms with Crippen LogP contribution in [-0.4, -0.2) is 30.2 Å². The normalized spacial score (nSPS) is 13.1. The lowest BCUT2D eigenvalue weighted by molar-refractivity contribution is -0.129. The fraction of sp³-hybridized carbons (Fsp3) is 0.214. The topological polar surface area (TPSA) is 80.8 Å². The van der Waals surface area contributed by atoms with Crippen LogP contribution in [0.2, 0.25) is 0 Å². The van der Waals surface area contributed by atoms with E-state index < -0.39 is 23.2 Å². The standard InChI is InChI=1S/C28H25NO5S/c1-17-5-10-20(11-6-17)35-21-12-8-19(9-13-21)29-25(31)22-14-7-18(15-23(22)26(29)32)27(33)34-16-24(30)28(2,3)4/h5-15H,16H2,1-4H3. The van der Waals surface area contributed by atoms with Crippen LogP contribution < -0.4 is 4.90 Å². The van der Waals surface area contributed by atoms with Gasteiger partial charge in [0.15, 0.2) is 12.4 Å². The molecule has 0 saturated heterocycles. The van der Waals surface area contributed by atoms with Gasteiger partial charge in [0.25, 0.3) is 11.8 Å². The van der Waals surface area contributed by atoms with E-state index in [-0.39, 0.29) is 29.1 Å². The molecule has 1 heterocycles. The van der Waals surface area contributed by atoms with Gasteiger partial charge in [-0.1, -0.05) is 50.2 Å². The van der Waals surface area contributed by atoms with Crippen molar-refractivity contribution in [2.45, 2.75) is 37.5 Å². The van der Waals surface area contributed by atoms with Gasteiger partial charge in [0.05, 0.1) is 22.4 Å². The summed E-state index contributed by atoms with van der Waals surface area (Å²) in [6.45, 7) is 6.90. The number of carbonyl (C=O) groups is 4. The van der Waals surface area contributed by atoms with Gasteiger partial charge in [0, 0.05) is 15.2 Å². The van der Waals surface area contributed by atoms with Gasteiger partial charge in [-0.15, -0.1) is 0 Å². The van der Waals surface area contributed by atoms with Crippen molar-refractivity contribution in [2.24, 2.45) is 5.41 Å². The average Bonchev–Trinajstić information content (AvgIpc) is 3.08. The van der Waals surface area contributed by atoms with Crippen LogP contribution in [0.15, 0.2) is 76.5 Å². The van der Waals surface area contributed by atoms with Gasteiger partial charge in [0.2, 0.25) is 0 Å². The molecule has 0 atom stereocenters. The molecule has 3 aromatic carbocycles. The number of fused-ring (bicyclic) bond motifs is 1. The van der Waals surface area contributed by atoms with E-state index in [1.54, 1.807) is 44.7 Å². The van der Waals surface area contributed by atoms with Crippen LogP contribution in [0.3, 0.4) is 0 Å². The highest BCUT2D eigenvalue weighted by molar-refractivity contribution is 7.99. The molecule has 2 amide bonds. The van der Waals surface area contributed by atoms with Crippen LogP contribution in [0, 0.1) is 12.3 Å². The van der Waals surface area contributed by atoms with Gasteiger partial charge in [0.1, 0.15) is 0 Å². The molecular weight excluding hydrogens is 462 g/mol. The van der Waals surface area contributed by atoms with Gasteiger partial charge in [-0.25, -0.2) is 9.69 Å². The maximum atomic E-state index is 13.1. The van der Waals surface area contributed by atoms with Crippen molar-refractivity contribution in [3.8, 4) is 0 Å². The third-order valence-electron chi connectivity index (χ3n) is 5.64. The molecule has 0 spiro atoms. The van der Waals surface area contributed by atoms with E-state index in [0.717, 1.165) is 14.7 Å². The van der Waals surface area contributed by atoms with Gasteiger partial charge in [-0.05, 0) is 61.5 Å². The van der Waals surface area contributed by atoms with Gasteiger partial charge >= 0.3 is 5.97 Å². The molecule has 1 aliphatic rings. The fourth-order valence-corrected chi connectivity index (χ4v) is 4.26. The van der Waals surface area contributed by atoms with E-state index in [2.05, 4.69) is 0 Å². The Bertz CT molecular complexity index is 1320. The number of ketones is 1. The third kappa shape index (κ3) is 5.20. The van der Waals surface area contributed by atoms with E-state index in [0.29, 0.717) is 5.69 Å². The molecule has 4 rings (SSSR count). The van der Waals surface area contributed by atoms with Crippen LogP contribution in [-0.2, 0) is 9.53 Å². The van der Waals surface area contributed by atoms with Crippen LogP contribution in [0.5, 0.6) is 0 Å². The molecule has 0 fully saturated rings. The smallest absolute Gasteiger partial charge is 0.338 e. The summed E-state index contributed by atoms with van der Waals surface area (Å²) in [7, 11) is 0. The van der Waals surface area contributed by atoms with Crippen LogP contribution >= 0.6 is 11.8 Å². The Balaban J connectivity index is 1.49. The molecule has 6 nitrogen and oxygen atoms in total. The van der Waals surface area contributed by atoms with Crippen LogP contribution in [0.1, 0.15) is 57.4 Å². The minimum absolute atomic E-state index is 0.110. The minimum atomic E-state index is -0.721. The Morgan fingerprint density at radius 3 is 2.00 bits per heavy atom. The van der Waals surface area contributed by atoms with Gasteiger partial charge < -0.3 is 4.74 Å². The third-order valence-corrected chi connectivity index (χ3v) is 6.66. The van der Waals surface area contributed by atoms with Crippen molar-refractivity contribution in [3.63, 3.8) is 0 Å². The highest BCUT2D eigenvalue weighted by Crippen LogP contribution is 2.33. The van der Waals surface area contributed by atoms with Crippen molar-refractivity contribution >= 4 is 41.0 Å². The summed E-state index contributed by atoms with van der Waals surface area (Å²) in [5.41, 5.74) is 1.46. The molecule has 0 aromatic heterocycles. The number of imide groups is 1. The lowest BCUT2D eigenvalue weighted by Crippen LogP contribution is -2.29. The highest BCUT2D eigenvalue weighted by Gasteiger charge is 2.37. The summed E-state index contributed by atoms with van der Waals surface area (Å²) < 4.78 is 5.12. The maximum absolute atomic E-state index is 13.1. The van der Waals surface area contributed by atoms with E-state index >= 15 is 0 Å². The molecule has 178 valence electrons. The second-order valence-corrected chi connectivity index (χ2v) is 10.5. The van der Waals surface area contributed by atoms with Gasteiger partial charge in [-0.2, -0.15) is 0 Å². The molecule has 0 unspecified atom stereocenters. The Morgan fingerprint density at radius 1 is 0.829 bits per heavy atom. The molecule has 0 aliphatic carbocycles. The van der Waals surface area contributed by atoms with Crippen molar-refractivity contribution in [3.05, 3.63) is 89.0 Å². The van der Waals surface area contributed by atoms with E-state index in [1.807, 2.05) is 43.3 Å². The summed E-state index contributed by atoms with van der Waals surface area (Å²) in [6, 6.07) is 19.6. The number of aryl methyl sites for hydroxylation is 1. The summed E-state index contributed by atoms with van der Waals surface area (Å²) >= 11 is 1.59. The number of hydrogen-bond acceptors (Lipinski definition) is 6. The number of hydrogen-bond donors (Lipinski definition) is 0. The first-order chi connectivity index (χ1) is 16.5. The SMILES string of the molecule is Cc1ccc(Sc2ccc(N3C(=O)c4ccc(C(=O)OCC(=O)C(C)(C)C)cc4C3=O)cc2)cc1. The van der Waals surface area contributed by atoms with Crippen molar-refractivity contribution in [1.82, 2.24) is 0 Å². The molecule has 1 aliphatic heterocycles. The first-order valence-corrected chi connectivity index (χ1v) is 11.9. The highest BCUT2D eigenvalue weighted by atomic mass is 32.2. The number of Topliss-reactive ketones (excluding diaryl/α,β-unsaturated/α-hetero) is 1. The van der Waals surface area contributed by atoms with E-state index in [9.17, 15) is 19.2 Å². The zero-order valence-corrected chi connectivity index (χ0v) is 20.8. The summed E-state index contributed by atoms with van der Waals surface area (Å²) in [6.07, 6.45) is 0. The average molecular weight is 488 g/mol. The number of benzene rings is 3. The number of carbonyl (C=O) groups excluding carboxylic acids is 4. The summed E-state index contributed by atoms with van der Waals surface area (Å²) in [5.74, 6) is -1.90. The molecule has 0 bridgehead atoms. The van der Waals surface area contributed by atoms with Crippen molar-refractivity contribution in [2.75, 3.05) is 11.5 Å². The van der Waals surface area contributed by atoms with E-state index in [1.165, 1.54) is 23.8 Å². The first kappa shape index (κ1) is 24.4. The first-order valence-electron chi connectivity index (χ1n) is 11.1. The Hall–Kier alpha value is -3.71. The van der Waals surface area contributed by atoms with Crippen LogP contribution in [0.4, 0.5) is 5.69 Å². The Morgan fingerprint density at radius 2 is 1.40 bits per heavy atom. The Kier molecular flexibility index (Phi) is 6.63. The van der Waals surface area contributed by atoms with Crippen molar-refractivity contribution in [1.29, 1.82) is 0 Å². The zero-order chi connectivity index (χ0) is 25.3. The maximum Gasteiger partial charge on any atom is 0.338 e. The molecule has 7 heteroatoms. The second-order valence-electron chi connectivity index (χ2n) is 9.36. The number of rotatable bonds is 6. The number of anilines is 1. The van der Waals surface area contributed by atoms with E-state index in [4.69, 9.17) is 4.74 Å². The molecule has 0 N–H and O–H groups in total. The number of nitrogens with zero attached hydrogens (tertiary/aromatic N) is 1. The quantitative estimate of drug-likeness (QED) is 0.327. The number of ether oxygens (including phenoxy) is 1. The van der Waals surface area contributed by atoms with Gasteiger partial charge in [-0.3, -0.25) is 14.4 Å². The summed E-state index contributed by atoms with van der Waals surface area (Å²) in [4.78, 5) is 53.7. The summed E-state index contributed by atoms with van der Waals surface area (Å²) in [5, 5.41) is 0. The molecule has 0 saturated carbocycles. The molecule has 3 aromatic rings. The predicted molar refractivity (Wildman–Crippen MR) is 134 cm³/mol. The molecule has 35 heavy (non-hydrogen) atoms. The number of amides is 2. The molecular formula is C28H25NO5S. The van der Waals surface area contributed by atoms with Crippen molar-refractivity contribution < 1.29 is 23.9 Å². The monoisotopic (exact) mass is 487 g/mol. The predicted octanol–water partition coefficient (Wildman–Crippen LogP) is 5.72. The largest absolute Gasteiger partial charge is 0.454 e. The fourth-order valence-electron chi connectivity index (χ4n) is 3.44. The minimum Gasteiger partial charge on any atom is -0.454 e. The number of esters is 1. The van der Waals surface area contributed by atoms with Crippen LogP contribution in [0.25, 0.3) is 0 Å². The second kappa shape index (κ2) is 9.50. The molecule has 0 radical (unpaired) electrons. The lowest BCUT2D eigenvalue weighted by Gasteiger charge is -2.16. The lowest BCUT2D eigenvalue weighted by atomic mass is 9.91. The Labute approximate surface area is 208 Å². The zero-order valence-electron chi connectivity index (χ0n) is 20.0.